The highest BCUT2D eigenvalue weighted by Crippen LogP contribution is 2.55. The first kappa shape index (κ1) is 23.7. The monoisotopic (exact) mass is 522 g/mol. The number of Topliss-reactive ketones (excluding diaryl/α,β-unsaturated/α-hetero) is 4. The Balaban J connectivity index is 1.98. The molecular weight excluding hydrogens is 500 g/mol. The van der Waals surface area contributed by atoms with Crippen molar-refractivity contribution in [3.05, 3.63) is 27.7 Å². The zero-order valence-corrected chi connectivity index (χ0v) is 19.6. The molecule has 3 aliphatic carbocycles. The molecule has 8 atom stereocenters. The van der Waals surface area contributed by atoms with Gasteiger partial charge in [0.2, 0.25) is 5.91 Å². The number of aromatic hydroxyl groups is 1. The maximum atomic E-state index is 13.7. The zero-order valence-electron chi connectivity index (χ0n) is 18.0. The number of primary amides is 1. The second-order valence-electron chi connectivity index (χ2n) is 9.22. The van der Waals surface area contributed by atoms with Crippen LogP contribution in [-0.4, -0.2) is 81.1 Å². The van der Waals surface area contributed by atoms with E-state index in [-0.39, 0.29) is 11.3 Å². The smallest absolute Gasteiger partial charge is 0.235 e. The number of nitrogens with two attached hydrogens (primary N) is 1. The molecule has 1 amide bonds. The van der Waals surface area contributed by atoms with Crippen LogP contribution in [0.2, 0.25) is 0 Å². The molecule has 11 heteroatoms. The van der Waals surface area contributed by atoms with Crippen LogP contribution in [0.4, 0.5) is 0 Å². The fourth-order valence-corrected chi connectivity index (χ4v) is 6.71. The largest absolute Gasteiger partial charge is 0.507 e. The molecule has 0 bridgehead atoms. The molecule has 1 aromatic carbocycles. The molecule has 2 saturated carbocycles. The Morgan fingerprint density at radius 2 is 1.76 bits per heavy atom. The van der Waals surface area contributed by atoms with Gasteiger partial charge in [0.1, 0.15) is 5.75 Å². The predicted octanol–water partition coefficient (Wildman–Crippen LogP) is -0.839. The molecule has 33 heavy (non-hydrogen) atoms. The van der Waals surface area contributed by atoms with Gasteiger partial charge < -0.3 is 21.1 Å². The summed E-state index contributed by atoms with van der Waals surface area (Å²) in [7, 11) is 2.89. The van der Waals surface area contributed by atoms with Crippen LogP contribution in [0.25, 0.3) is 0 Å². The van der Waals surface area contributed by atoms with Gasteiger partial charge in [-0.3, -0.25) is 28.9 Å². The van der Waals surface area contributed by atoms with E-state index in [4.69, 9.17) is 5.73 Å². The third-order valence-electron chi connectivity index (χ3n) is 7.41. The van der Waals surface area contributed by atoms with Crippen molar-refractivity contribution in [1.82, 2.24) is 4.90 Å². The van der Waals surface area contributed by atoms with E-state index < -0.39 is 76.4 Å². The van der Waals surface area contributed by atoms with E-state index >= 15 is 0 Å². The number of phenolic OH excluding ortho intramolecular Hbond substituents is 1. The van der Waals surface area contributed by atoms with Crippen molar-refractivity contribution in [2.75, 3.05) is 14.1 Å². The van der Waals surface area contributed by atoms with Crippen LogP contribution in [0, 0.1) is 23.7 Å². The van der Waals surface area contributed by atoms with Crippen LogP contribution < -0.4 is 5.73 Å². The number of amides is 1. The van der Waals surface area contributed by atoms with Crippen molar-refractivity contribution in [3.63, 3.8) is 0 Å². The van der Waals surface area contributed by atoms with Gasteiger partial charge >= 0.3 is 0 Å². The fourth-order valence-electron chi connectivity index (χ4n) is 6.02. The Labute approximate surface area is 196 Å². The molecule has 176 valence electrons. The Morgan fingerprint density at radius 3 is 2.30 bits per heavy atom. The molecule has 1 aromatic rings. The molecule has 0 heterocycles. The van der Waals surface area contributed by atoms with Crippen molar-refractivity contribution < 1.29 is 39.3 Å². The Bertz CT molecular complexity index is 1130. The summed E-state index contributed by atoms with van der Waals surface area (Å²) < 4.78 is 0.476. The average Bonchev–Trinajstić information content (AvgIpc) is 2.72. The number of phenols is 1. The molecular formula is C22H23BrN2O8. The van der Waals surface area contributed by atoms with Crippen molar-refractivity contribution in [2.24, 2.45) is 29.4 Å². The topological polar surface area (TPSA) is 175 Å². The summed E-state index contributed by atoms with van der Waals surface area (Å²) in [6.45, 7) is 1.65. The lowest BCUT2D eigenvalue weighted by molar-refractivity contribution is -0.196. The average molecular weight is 523 g/mol. The molecule has 10 nitrogen and oxygen atoms in total. The lowest BCUT2D eigenvalue weighted by Crippen LogP contribution is -2.77. The highest BCUT2D eigenvalue weighted by Gasteiger charge is 2.72. The SMILES string of the molecule is C[C@@H]1c2c(Br)ccc(O)c2C(=O)C2C(=O)[C@@]3(O)C(=O)C(C(N)=O)C(=O)[C@H](N(C)C)[C@H]3[C@H](O)[C@H]21. The van der Waals surface area contributed by atoms with Gasteiger partial charge in [-0.05, 0) is 37.7 Å². The van der Waals surface area contributed by atoms with Gasteiger partial charge in [-0.2, -0.15) is 0 Å². The van der Waals surface area contributed by atoms with Crippen molar-refractivity contribution in [2.45, 2.75) is 30.6 Å². The predicted molar refractivity (Wildman–Crippen MR) is 115 cm³/mol. The number of hydrogen-bond acceptors (Lipinski definition) is 9. The highest BCUT2D eigenvalue weighted by molar-refractivity contribution is 9.10. The van der Waals surface area contributed by atoms with Gasteiger partial charge in [0.25, 0.3) is 0 Å². The number of rotatable bonds is 2. The summed E-state index contributed by atoms with van der Waals surface area (Å²) in [5.74, 6) is -13.3. The Kier molecular flexibility index (Phi) is 5.40. The summed E-state index contributed by atoms with van der Waals surface area (Å²) in [5, 5.41) is 33.3. The van der Waals surface area contributed by atoms with Gasteiger partial charge in [-0.25, -0.2) is 0 Å². The van der Waals surface area contributed by atoms with Crippen LogP contribution in [0.15, 0.2) is 16.6 Å². The molecule has 3 aliphatic rings. The van der Waals surface area contributed by atoms with Gasteiger partial charge in [-0.1, -0.05) is 22.9 Å². The first-order chi connectivity index (χ1) is 15.3. The van der Waals surface area contributed by atoms with E-state index in [1.54, 1.807) is 6.92 Å². The van der Waals surface area contributed by atoms with Crippen LogP contribution in [0.5, 0.6) is 5.75 Å². The summed E-state index contributed by atoms with van der Waals surface area (Å²) in [6.07, 6.45) is -1.65. The van der Waals surface area contributed by atoms with Gasteiger partial charge in [0.15, 0.2) is 34.7 Å². The number of carbonyl (C=O) groups is 5. The number of ketones is 4. The molecule has 4 rings (SSSR count). The number of likely N-dealkylation sites (N-methyl/N-ethyl adjacent to an activating group) is 1. The molecule has 0 spiro atoms. The maximum Gasteiger partial charge on any atom is 0.235 e. The molecule has 0 radical (unpaired) electrons. The third-order valence-corrected chi connectivity index (χ3v) is 8.11. The minimum atomic E-state index is -2.99. The maximum absolute atomic E-state index is 13.7. The molecule has 0 aliphatic heterocycles. The third kappa shape index (κ3) is 2.86. The van der Waals surface area contributed by atoms with Crippen molar-refractivity contribution in [3.8, 4) is 5.75 Å². The van der Waals surface area contributed by atoms with E-state index in [1.807, 2.05) is 0 Å². The summed E-state index contributed by atoms with van der Waals surface area (Å²) >= 11 is 3.35. The van der Waals surface area contributed by atoms with E-state index in [9.17, 15) is 39.3 Å². The van der Waals surface area contributed by atoms with Gasteiger partial charge in [-0.15, -0.1) is 0 Å². The van der Waals surface area contributed by atoms with E-state index in [2.05, 4.69) is 15.9 Å². The first-order valence-electron chi connectivity index (χ1n) is 10.3. The molecule has 5 N–H and O–H groups in total. The number of carbonyl (C=O) groups excluding carboxylic acids is 5. The Morgan fingerprint density at radius 1 is 1.15 bits per heavy atom. The Hall–Kier alpha value is -2.47. The lowest BCUT2D eigenvalue weighted by atomic mass is 9.49. The number of aliphatic hydroxyl groups excluding tert-OH is 1. The van der Waals surface area contributed by atoms with Crippen LogP contribution in [0.1, 0.15) is 28.8 Å². The van der Waals surface area contributed by atoms with Gasteiger partial charge in [0, 0.05) is 10.4 Å². The molecule has 0 aromatic heterocycles. The minimum Gasteiger partial charge on any atom is -0.507 e. The van der Waals surface area contributed by atoms with Crippen LogP contribution >= 0.6 is 15.9 Å². The standard InChI is InChI=1S/C22H23BrN2O8/c1-6-9-7(23)4-5-8(26)11(9)16(27)12-10(6)17(28)14-15(25(2)3)18(29)13(21(24)32)20(31)22(14,33)19(12)30/h4-6,10,12-15,17,26,28,33H,1-3H3,(H2,24,32)/t6-,10+,12?,13?,14+,15-,17-,22-/m1/s1. The summed E-state index contributed by atoms with van der Waals surface area (Å²) in [4.78, 5) is 66.7. The first-order valence-corrected chi connectivity index (χ1v) is 11.1. The summed E-state index contributed by atoms with van der Waals surface area (Å²) in [5.41, 5.74) is 2.51. The van der Waals surface area contributed by atoms with Crippen molar-refractivity contribution in [1.29, 1.82) is 0 Å². The van der Waals surface area contributed by atoms with Gasteiger partial charge in [0.05, 0.1) is 29.5 Å². The normalized spacial score (nSPS) is 38.1. The second kappa shape index (κ2) is 7.52. The van der Waals surface area contributed by atoms with E-state index in [0.717, 1.165) is 0 Å². The number of fused-ring (bicyclic) bond motifs is 3. The quantitative estimate of drug-likeness (QED) is 0.360. The van der Waals surface area contributed by atoms with Crippen molar-refractivity contribution >= 4 is 45.0 Å². The highest BCUT2D eigenvalue weighted by atomic mass is 79.9. The molecule has 2 unspecified atom stereocenters. The summed E-state index contributed by atoms with van der Waals surface area (Å²) in [6, 6.07) is 1.41. The zero-order chi connectivity index (χ0) is 24.7. The van der Waals surface area contributed by atoms with E-state index in [0.29, 0.717) is 10.0 Å². The van der Waals surface area contributed by atoms with E-state index in [1.165, 1.54) is 31.1 Å². The number of aliphatic hydroxyl groups is 2. The number of hydrogen-bond donors (Lipinski definition) is 4. The van der Waals surface area contributed by atoms with Crippen LogP contribution in [0.3, 0.4) is 0 Å². The molecule has 2 fully saturated rings. The minimum absolute atomic E-state index is 0.143. The fraction of sp³-hybridized carbons (Fsp3) is 0.500. The number of benzene rings is 1. The molecule has 0 saturated heterocycles. The number of halogens is 1. The number of nitrogens with zero attached hydrogens (tertiary/aromatic N) is 1. The lowest BCUT2D eigenvalue weighted by Gasteiger charge is -2.56. The van der Waals surface area contributed by atoms with Crippen LogP contribution in [-0.2, 0) is 19.2 Å². The second-order valence-corrected chi connectivity index (χ2v) is 10.1.